The van der Waals surface area contributed by atoms with Gasteiger partial charge in [-0.1, -0.05) is 48.5 Å². The van der Waals surface area contributed by atoms with Crippen LogP contribution in [0.5, 0.6) is 0 Å². The third-order valence-electron chi connectivity index (χ3n) is 10.6. The maximum Gasteiger partial charge on any atom is 0.327 e. The highest BCUT2D eigenvalue weighted by molar-refractivity contribution is 5.94. The van der Waals surface area contributed by atoms with Crippen molar-refractivity contribution in [2.45, 2.75) is 107 Å². The minimum atomic E-state index is -1.48. The Balaban J connectivity index is 1.21. The second kappa shape index (κ2) is 13.7. The van der Waals surface area contributed by atoms with Crippen molar-refractivity contribution in [2.75, 3.05) is 20.7 Å². The van der Waals surface area contributed by atoms with Crippen LogP contribution in [-0.4, -0.2) is 107 Å². The Morgan fingerprint density at radius 1 is 1.06 bits per heavy atom. The van der Waals surface area contributed by atoms with Crippen molar-refractivity contribution in [2.24, 2.45) is 5.41 Å². The van der Waals surface area contributed by atoms with E-state index < -0.39 is 77.8 Å². The lowest BCUT2D eigenvalue weighted by atomic mass is 9.62. The van der Waals surface area contributed by atoms with E-state index in [1.165, 1.54) is 16.0 Å². The van der Waals surface area contributed by atoms with Crippen molar-refractivity contribution in [1.82, 2.24) is 15.3 Å². The number of amides is 2. The van der Waals surface area contributed by atoms with Crippen LogP contribution in [0.25, 0.3) is 6.08 Å². The number of nitrogens with zero attached hydrogens (tertiary/aromatic N) is 2. The van der Waals surface area contributed by atoms with Crippen LogP contribution in [-0.2, 0) is 62.3 Å². The summed E-state index contributed by atoms with van der Waals surface area (Å²) in [4.78, 5) is 62.0. The molecule has 3 saturated heterocycles. The molecule has 0 radical (unpaired) electrons. The van der Waals surface area contributed by atoms with Gasteiger partial charge < -0.3 is 34.3 Å². The summed E-state index contributed by atoms with van der Waals surface area (Å²) in [5.74, 6) is -2.78. The molecule has 0 aromatic heterocycles. The summed E-state index contributed by atoms with van der Waals surface area (Å²) in [6.45, 7) is 4.97. The molecule has 0 unspecified atom stereocenters. The number of nitrogens with one attached hydrogen (secondary N) is 1. The molecule has 2 N–H and O–H groups in total. The van der Waals surface area contributed by atoms with Gasteiger partial charge in [-0.3, -0.25) is 24.0 Å². The topological polar surface area (TPSA) is 153 Å². The van der Waals surface area contributed by atoms with Gasteiger partial charge in [0.05, 0.1) is 19.2 Å². The molecule has 278 valence electrons. The van der Waals surface area contributed by atoms with Gasteiger partial charge in [-0.25, -0.2) is 0 Å². The Morgan fingerprint density at radius 2 is 1.73 bits per heavy atom. The van der Waals surface area contributed by atoms with Gasteiger partial charge in [0.1, 0.15) is 35.4 Å². The number of aliphatic hydroxyl groups excluding tert-OH is 1. The van der Waals surface area contributed by atoms with Crippen LogP contribution in [0.15, 0.2) is 54.6 Å². The molecule has 13 heteroatoms. The monoisotopic (exact) mass is 717 g/mol. The second-order valence-corrected chi connectivity index (χ2v) is 15.7. The van der Waals surface area contributed by atoms with Crippen LogP contribution in [0.4, 0.5) is 0 Å². The minimum Gasteiger partial charge on any atom is -0.460 e. The summed E-state index contributed by atoms with van der Waals surface area (Å²) in [7, 11) is 3.33. The van der Waals surface area contributed by atoms with Gasteiger partial charge in [0, 0.05) is 45.9 Å². The zero-order valence-electron chi connectivity index (χ0n) is 30.2. The molecule has 1 saturated carbocycles. The Hall–Kier alpha value is -4.14. The number of hydrogen-bond donors (Lipinski definition) is 2. The molecule has 4 fully saturated rings. The molecule has 3 aliphatic heterocycles. The predicted molar refractivity (Wildman–Crippen MR) is 186 cm³/mol. The maximum absolute atomic E-state index is 14.8. The molecule has 2 aliphatic carbocycles. The van der Waals surface area contributed by atoms with E-state index in [0.29, 0.717) is 12.8 Å². The number of esters is 2. The molecular formula is C39H47N3O10. The van der Waals surface area contributed by atoms with Crippen LogP contribution in [0.2, 0.25) is 0 Å². The Kier molecular flexibility index (Phi) is 9.53. The molecule has 2 aromatic rings. The first-order valence-corrected chi connectivity index (χ1v) is 17.9. The highest BCUT2D eigenvalue weighted by Gasteiger charge is 2.76. The molecule has 1 spiro atoms. The van der Waals surface area contributed by atoms with E-state index >= 15 is 0 Å². The highest BCUT2D eigenvalue weighted by atomic mass is 16.8. The molecule has 2 amide bonds. The van der Waals surface area contributed by atoms with Gasteiger partial charge in [-0.05, 0) is 55.5 Å². The largest absolute Gasteiger partial charge is 0.460 e. The summed E-state index contributed by atoms with van der Waals surface area (Å²) >= 11 is 0. The van der Waals surface area contributed by atoms with Gasteiger partial charge in [0.25, 0.3) is 0 Å². The number of carbonyl (C=O) groups excluding carboxylic acids is 4. The lowest BCUT2D eigenvalue weighted by molar-refractivity contribution is -0.217. The van der Waals surface area contributed by atoms with Crippen LogP contribution in [0.3, 0.4) is 0 Å². The fourth-order valence-electron chi connectivity index (χ4n) is 8.29. The van der Waals surface area contributed by atoms with Crippen molar-refractivity contribution in [1.29, 1.82) is 0 Å². The number of fused-ring (bicyclic) bond motifs is 5. The summed E-state index contributed by atoms with van der Waals surface area (Å²) in [6.07, 6.45) is 1.20. The van der Waals surface area contributed by atoms with E-state index in [1.54, 1.807) is 40.9 Å². The first-order chi connectivity index (χ1) is 24.7. The molecule has 2 aromatic carbocycles. The van der Waals surface area contributed by atoms with Crippen molar-refractivity contribution in [3.63, 3.8) is 0 Å². The number of carbonyl (C=O) groups is 4. The molecule has 13 nitrogen and oxygen atoms in total. The molecule has 7 atom stereocenters. The Bertz CT molecular complexity index is 1750. The van der Waals surface area contributed by atoms with Crippen molar-refractivity contribution in [3.05, 3.63) is 76.9 Å². The minimum absolute atomic E-state index is 0.0265. The van der Waals surface area contributed by atoms with Crippen LogP contribution in [0.1, 0.15) is 62.3 Å². The highest BCUT2D eigenvalue weighted by Crippen LogP contribution is 2.58. The van der Waals surface area contributed by atoms with E-state index in [9.17, 15) is 24.3 Å². The summed E-state index contributed by atoms with van der Waals surface area (Å²) in [6, 6.07) is 13.5. The van der Waals surface area contributed by atoms with E-state index in [-0.39, 0.29) is 31.7 Å². The van der Waals surface area contributed by atoms with Gasteiger partial charge in [0.2, 0.25) is 11.8 Å². The molecule has 52 heavy (non-hydrogen) atoms. The Labute approximate surface area is 303 Å². The van der Waals surface area contributed by atoms with Crippen LogP contribution >= 0.6 is 0 Å². The average Bonchev–Trinajstić information content (AvgIpc) is 3.76. The standard InChI is InChI=1S/C39H47N3O10/c1-37(2,3)49-30(45)17-15-27(22-43)40-36(47)39-20-28-31-32(51-38(50-31)18-24-11-7-8-12-25(24)19-38)34(39)52-42(33(39)35(46)48-28)21-26-13-9-6-10-23(26)14-16-29(44)41(4)5/h6-14,16,27-28,31-34,43H,15,17-22H2,1-5H3,(H,40,47)/t27-,28+,31-,32-,33-,34+,39-/m0/s1. The number of rotatable bonds is 10. The van der Waals surface area contributed by atoms with Crippen molar-refractivity contribution in [3.8, 4) is 0 Å². The maximum atomic E-state index is 14.8. The number of benzene rings is 2. The smallest absolute Gasteiger partial charge is 0.327 e. The van der Waals surface area contributed by atoms with E-state index in [1.807, 2.05) is 48.5 Å². The Morgan fingerprint density at radius 3 is 2.40 bits per heavy atom. The predicted octanol–water partition coefficient (Wildman–Crippen LogP) is 2.47. The molecule has 3 heterocycles. The molecule has 7 rings (SSSR count). The van der Waals surface area contributed by atoms with Crippen LogP contribution < -0.4 is 5.32 Å². The van der Waals surface area contributed by atoms with E-state index in [2.05, 4.69) is 5.32 Å². The number of likely N-dealkylation sites (N-methyl/N-ethyl adjacent to an activating group) is 1. The third kappa shape index (κ3) is 6.64. The molecule has 2 bridgehead atoms. The van der Waals surface area contributed by atoms with Crippen molar-refractivity contribution >= 4 is 29.8 Å². The summed E-state index contributed by atoms with van der Waals surface area (Å²) < 4.78 is 25.1. The quantitative estimate of drug-likeness (QED) is 0.276. The summed E-state index contributed by atoms with van der Waals surface area (Å²) in [5.41, 5.74) is 1.54. The van der Waals surface area contributed by atoms with Gasteiger partial charge in [-0.2, -0.15) is 5.06 Å². The number of hydrogen-bond acceptors (Lipinski definition) is 11. The van der Waals surface area contributed by atoms with Gasteiger partial charge in [0.15, 0.2) is 11.8 Å². The molecule has 5 aliphatic rings. The zero-order valence-corrected chi connectivity index (χ0v) is 30.2. The SMILES string of the molecule is CN(C)C(=O)C=Cc1ccccc1CN1O[C@@H]2[C@H]3OC4(Cc5ccccc5C4)O[C@H]3[C@H]3C[C@]2(C(=O)N[C@H](CO)CCC(=O)OC(C)(C)C)[C@@H]1C(=O)O3. The number of ether oxygens (including phenoxy) is 4. The first kappa shape index (κ1) is 36.2. The fourth-order valence-corrected chi connectivity index (χ4v) is 8.29. The fraction of sp³-hybridized carbons (Fsp3) is 0.538. The van der Waals surface area contributed by atoms with Crippen LogP contribution in [0, 0.1) is 5.41 Å². The van der Waals surface area contributed by atoms with Crippen molar-refractivity contribution < 1.29 is 48.1 Å². The first-order valence-electron chi connectivity index (χ1n) is 17.9. The summed E-state index contributed by atoms with van der Waals surface area (Å²) in [5, 5.41) is 14.8. The lowest BCUT2D eigenvalue weighted by Gasteiger charge is -2.49. The van der Waals surface area contributed by atoms with Gasteiger partial charge >= 0.3 is 11.9 Å². The average molecular weight is 718 g/mol. The van der Waals surface area contributed by atoms with E-state index in [0.717, 1.165) is 22.3 Å². The zero-order chi connectivity index (χ0) is 37.0. The molecular weight excluding hydrogens is 670 g/mol. The second-order valence-electron chi connectivity index (χ2n) is 15.7. The van der Waals surface area contributed by atoms with E-state index in [4.69, 9.17) is 23.8 Å². The number of hydroxylamine groups is 2. The lowest BCUT2D eigenvalue weighted by Crippen LogP contribution is -2.70. The van der Waals surface area contributed by atoms with Gasteiger partial charge in [-0.15, -0.1) is 0 Å². The number of aliphatic hydroxyl groups is 1. The normalized spacial score (nSPS) is 29.0. The third-order valence-corrected chi connectivity index (χ3v) is 10.6.